The molecular weight excluding hydrogens is 252 g/mol. The summed E-state index contributed by atoms with van der Waals surface area (Å²) in [7, 11) is 0. The molecule has 0 unspecified atom stereocenters. The number of rotatable bonds is 3. The molecule has 0 aromatic heterocycles. The lowest BCUT2D eigenvalue weighted by atomic mass is 10.1. The van der Waals surface area contributed by atoms with Crippen molar-refractivity contribution in [2.24, 2.45) is 0 Å². The Morgan fingerprint density at radius 3 is 3.06 bits per heavy atom. The van der Waals surface area contributed by atoms with Gasteiger partial charge in [0.05, 0.1) is 4.92 Å². The summed E-state index contributed by atoms with van der Waals surface area (Å²) < 4.78 is 0. The molecule has 1 N–H and O–H groups in total. The molecule has 1 fully saturated rings. The molecule has 18 heavy (non-hydrogen) atoms. The Morgan fingerprint density at radius 2 is 2.39 bits per heavy atom. The number of nitro benzene ring substituents is 1. The highest BCUT2D eigenvalue weighted by molar-refractivity contribution is 7.99. The molecule has 0 saturated carbocycles. The van der Waals surface area contributed by atoms with E-state index in [0.717, 1.165) is 18.8 Å². The third kappa shape index (κ3) is 3.14. The molecule has 2 rings (SSSR count). The minimum Gasteiger partial charge on any atom is -0.508 e. The molecule has 0 spiro atoms. The lowest BCUT2D eigenvalue weighted by Crippen LogP contribution is -2.36. The van der Waals surface area contributed by atoms with E-state index in [9.17, 15) is 15.2 Å². The largest absolute Gasteiger partial charge is 0.508 e. The highest BCUT2D eigenvalue weighted by Crippen LogP contribution is 2.26. The first-order valence-electron chi connectivity index (χ1n) is 5.86. The van der Waals surface area contributed by atoms with E-state index in [1.807, 2.05) is 11.8 Å². The molecule has 0 bridgehead atoms. The first kappa shape index (κ1) is 13.2. The number of nitrogens with zero attached hydrogens (tertiary/aromatic N) is 2. The second kappa shape index (κ2) is 5.58. The van der Waals surface area contributed by atoms with Crippen LogP contribution in [0.15, 0.2) is 18.2 Å². The molecule has 1 atom stereocenters. The standard InChI is InChI=1S/C12H16N2O3S/c1-9-7-13(4-5-18-9)8-10-6-11(14(16)17)2-3-12(10)15/h2-3,6,9,15H,4-5,7-8H2,1H3/t9-/m1/s1. The van der Waals surface area contributed by atoms with Crippen molar-refractivity contribution < 1.29 is 10.0 Å². The number of nitro groups is 1. The number of non-ortho nitro benzene ring substituents is 1. The predicted molar refractivity (Wildman–Crippen MR) is 72.0 cm³/mol. The number of hydrogen-bond donors (Lipinski definition) is 1. The third-order valence-corrected chi connectivity index (χ3v) is 4.13. The van der Waals surface area contributed by atoms with Crippen molar-refractivity contribution in [2.75, 3.05) is 18.8 Å². The van der Waals surface area contributed by atoms with E-state index in [1.54, 1.807) is 0 Å². The quantitative estimate of drug-likeness (QED) is 0.672. The zero-order valence-corrected chi connectivity index (χ0v) is 11.0. The number of phenolic OH excluding ortho intramolecular Hbond substituents is 1. The Kier molecular flexibility index (Phi) is 4.08. The van der Waals surface area contributed by atoms with Crippen molar-refractivity contribution in [2.45, 2.75) is 18.7 Å². The van der Waals surface area contributed by atoms with Crippen molar-refractivity contribution in [1.29, 1.82) is 0 Å². The van der Waals surface area contributed by atoms with Crippen LogP contribution < -0.4 is 0 Å². The van der Waals surface area contributed by atoms with Crippen molar-refractivity contribution in [3.8, 4) is 5.75 Å². The molecule has 1 heterocycles. The fourth-order valence-corrected chi connectivity index (χ4v) is 3.17. The molecular formula is C12H16N2O3S. The number of aromatic hydroxyl groups is 1. The maximum Gasteiger partial charge on any atom is 0.270 e. The van der Waals surface area contributed by atoms with E-state index < -0.39 is 4.92 Å². The molecule has 98 valence electrons. The summed E-state index contributed by atoms with van der Waals surface area (Å²) in [6.07, 6.45) is 0. The van der Waals surface area contributed by atoms with Crippen LogP contribution in [0.3, 0.4) is 0 Å². The van der Waals surface area contributed by atoms with Gasteiger partial charge in [0.1, 0.15) is 5.75 Å². The summed E-state index contributed by atoms with van der Waals surface area (Å²) in [4.78, 5) is 12.5. The highest BCUT2D eigenvalue weighted by Gasteiger charge is 2.19. The van der Waals surface area contributed by atoms with E-state index in [-0.39, 0.29) is 11.4 Å². The summed E-state index contributed by atoms with van der Waals surface area (Å²) in [5.74, 6) is 1.20. The van der Waals surface area contributed by atoms with Crippen molar-refractivity contribution in [3.63, 3.8) is 0 Å². The van der Waals surface area contributed by atoms with Gasteiger partial charge in [-0.25, -0.2) is 0 Å². The van der Waals surface area contributed by atoms with Crippen LogP contribution in [0.25, 0.3) is 0 Å². The maximum atomic E-state index is 10.7. The Balaban J connectivity index is 2.12. The number of thioether (sulfide) groups is 1. The summed E-state index contributed by atoms with van der Waals surface area (Å²) in [6.45, 7) is 4.65. The summed E-state index contributed by atoms with van der Waals surface area (Å²) in [5.41, 5.74) is 0.658. The lowest BCUT2D eigenvalue weighted by Gasteiger charge is -2.30. The molecule has 1 aliphatic heterocycles. The molecule has 1 saturated heterocycles. The van der Waals surface area contributed by atoms with Crippen molar-refractivity contribution >= 4 is 17.4 Å². The van der Waals surface area contributed by atoms with Gasteiger partial charge in [-0.15, -0.1) is 0 Å². The minimum atomic E-state index is -0.433. The van der Waals surface area contributed by atoms with Gasteiger partial charge in [0.2, 0.25) is 0 Å². The third-order valence-electron chi connectivity index (χ3n) is 2.99. The summed E-state index contributed by atoms with van der Waals surface area (Å²) in [5, 5.41) is 21.0. The Bertz CT molecular complexity index is 453. The average Bonchev–Trinajstić information content (AvgIpc) is 2.31. The first-order chi connectivity index (χ1) is 8.56. The zero-order chi connectivity index (χ0) is 13.1. The van der Waals surface area contributed by atoms with Gasteiger partial charge < -0.3 is 5.11 Å². The average molecular weight is 268 g/mol. The van der Waals surface area contributed by atoms with Crippen LogP contribution in [-0.2, 0) is 6.54 Å². The normalized spacial score (nSPS) is 20.8. The molecule has 1 aliphatic rings. The van der Waals surface area contributed by atoms with E-state index in [0.29, 0.717) is 17.4 Å². The molecule has 6 heteroatoms. The molecule has 0 aliphatic carbocycles. The number of phenols is 1. The maximum absolute atomic E-state index is 10.7. The lowest BCUT2D eigenvalue weighted by molar-refractivity contribution is -0.385. The first-order valence-corrected chi connectivity index (χ1v) is 6.91. The van der Waals surface area contributed by atoms with Crippen LogP contribution in [0, 0.1) is 10.1 Å². The Hall–Kier alpha value is -1.27. The van der Waals surface area contributed by atoms with E-state index in [1.165, 1.54) is 18.2 Å². The van der Waals surface area contributed by atoms with Gasteiger partial charge in [0.15, 0.2) is 0 Å². The summed E-state index contributed by atoms with van der Waals surface area (Å²) in [6, 6.07) is 4.19. The van der Waals surface area contributed by atoms with E-state index >= 15 is 0 Å². The molecule has 0 amide bonds. The van der Waals surface area contributed by atoms with Crippen molar-refractivity contribution in [3.05, 3.63) is 33.9 Å². The minimum absolute atomic E-state index is 0.0298. The second-order valence-corrected chi connectivity index (χ2v) is 6.03. The van der Waals surface area contributed by atoms with Crippen LogP contribution >= 0.6 is 11.8 Å². The molecule has 1 aromatic rings. The predicted octanol–water partition coefficient (Wildman–Crippen LogP) is 2.24. The highest BCUT2D eigenvalue weighted by atomic mass is 32.2. The van der Waals surface area contributed by atoms with Crippen molar-refractivity contribution in [1.82, 2.24) is 4.90 Å². The van der Waals surface area contributed by atoms with Crippen LogP contribution in [-0.4, -0.2) is 39.0 Å². The van der Waals surface area contributed by atoms with Gasteiger partial charge in [-0.3, -0.25) is 15.0 Å². The van der Waals surface area contributed by atoms with E-state index in [4.69, 9.17) is 0 Å². The number of benzene rings is 1. The molecule has 0 radical (unpaired) electrons. The molecule has 1 aromatic carbocycles. The van der Waals surface area contributed by atoms with Gasteiger partial charge in [0.25, 0.3) is 5.69 Å². The van der Waals surface area contributed by atoms with Crippen LogP contribution in [0.1, 0.15) is 12.5 Å². The van der Waals surface area contributed by atoms with E-state index in [2.05, 4.69) is 11.8 Å². The van der Waals surface area contributed by atoms with Crippen LogP contribution in [0.2, 0.25) is 0 Å². The SMILES string of the molecule is C[C@@H]1CN(Cc2cc([N+](=O)[O-])ccc2O)CCS1. The zero-order valence-electron chi connectivity index (χ0n) is 10.2. The van der Waals surface area contributed by atoms with Crippen LogP contribution in [0.5, 0.6) is 5.75 Å². The fourth-order valence-electron chi connectivity index (χ4n) is 2.09. The molecule has 5 nitrogen and oxygen atoms in total. The van der Waals surface area contributed by atoms with Crippen LogP contribution in [0.4, 0.5) is 5.69 Å². The fraction of sp³-hybridized carbons (Fsp3) is 0.500. The van der Waals surface area contributed by atoms with Gasteiger partial charge in [0, 0.05) is 48.3 Å². The monoisotopic (exact) mass is 268 g/mol. The van der Waals surface area contributed by atoms with Gasteiger partial charge >= 0.3 is 0 Å². The number of hydrogen-bond acceptors (Lipinski definition) is 5. The van der Waals surface area contributed by atoms with Gasteiger partial charge in [-0.05, 0) is 6.07 Å². The Morgan fingerprint density at radius 1 is 1.61 bits per heavy atom. The Labute approximate surface area is 110 Å². The topological polar surface area (TPSA) is 66.6 Å². The van der Waals surface area contributed by atoms with Gasteiger partial charge in [-0.2, -0.15) is 11.8 Å². The van der Waals surface area contributed by atoms with Gasteiger partial charge in [-0.1, -0.05) is 6.92 Å². The smallest absolute Gasteiger partial charge is 0.270 e. The summed E-state index contributed by atoms with van der Waals surface area (Å²) >= 11 is 1.93. The second-order valence-electron chi connectivity index (χ2n) is 4.49.